The molecule has 0 amide bonds. The van der Waals surface area contributed by atoms with Crippen LogP contribution in [-0.2, 0) is 41.9 Å². The molecule has 94 heavy (non-hydrogen) atoms. The Morgan fingerprint density at radius 3 is 2.34 bits per heavy atom. The number of carbonyl (C=O) groups is 2. The number of dihydropyridines is 1. The highest BCUT2D eigenvalue weighted by Gasteiger charge is 2.47. The summed E-state index contributed by atoms with van der Waals surface area (Å²) < 4.78 is 5.68. The van der Waals surface area contributed by atoms with E-state index in [9.17, 15) is 50.8 Å². The molecule has 6 aromatic rings. The predicted molar refractivity (Wildman–Crippen MR) is 361 cm³/mol. The maximum Gasteiger partial charge on any atom is 0.173 e. The van der Waals surface area contributed by atoms with Crippen LogP contribution in [0.1, 0.15) is 133 Å². The van der Waals surface area contributed by atoms with Gasteiger partial charge in [-0.15, -0.1) is 0 Å². The Morgan fingerprint density at radius 2 is 1.54 bits per heavy atom. The fourth-order valence-corrected chi connectivity index (χ4v) is 16.8. The molecule has 4 aliphatic carbocycles. The van der Waals surface area contributed by atoms with E-state index in [0.29, 0.717) is 97.3 Å². The molecular formula is C78H90N4O12. The number of phenols is 3. The van der Waals surface area contributed by atoms with Gasteiger partial charge >= 0.3 is 0 Å². The van der Waals surface area contributed by atoms with Gasteiger partial charge in [0.2, 0.25) is 0 Å². The molecule has 2 saturated carbocycles. The van der Waals surface area contributed by atoms with Gasteiger partial charge in [0.1, 0.15) is 23.4 Å². The third-order valence-electron chi connectivity index (χ3n) is 21.8. The van der Waals surface area contributed by atoms with Crippen LogP contribution in [-0.4, -0.2) is 120 Å². The number of nitrogens with one attached hydrogen (secondary N) is 4. The minimum absolute atomic E-state index is 0.0181. The maximum atomic E-state index is 15.7. The molecule has 2 fully saturated rings. The monoisotopic (exact) mass is 1270 g/mol. The maximum absolute atomic E-state index is 15.7. The first kappa shape index (κ1) is 66.1. The van der Waals surface area contributed by atoms with Gasteiger partial charge in [-0.05, 0) is 185 Å². The molecule has 16 nitrogen and oxygen atoms in total. The fourth-order valence-electron chi connectivity index (χ4n) is 16.8. The van der Waals surface area contributed by atoms with Crippen molar-refractivity contribution in [2.24, 2.45) is 53.3 Å². The van der Waals surface area contributed by atoms with E-state index in [0.717, 1.165) is 38.9 Å². The number of aromatic hydroxyl groups is 3. The number of ketones is 2. The summed E-state index contributed by atoms with van der Waals surface area (Å²) in [7, 11) is 1.45. The van der Waals surface area contributed by atoms with Gasteiger partial charge in [0.15, 0.2) is 29.2 Å². The van der Waals surface area contributed by atoms with E-state index in [1.54, 1.807) is 24.3 Å². The van der Waals surface area contributed by atoms with Gasteiger partial charge in [0, 0.05) is 97.7 Å². The Labute approximate surface area is 550 Å². The quantitative estimate of drug-likeness (QED) is 0.0525. The lowest BCUT2D eigenvalue weighted by molar-refractivity contribution is -0.142. The number of anilines is 1. The van der Waals surface area contributed by atoms with Gasteiger partial charge in [-0.3, -0.25) is 9.59 Å². The number of Topliss-reactive ketones (excluding diaryl/α,β-unsaturated/α-hetero) is 2. The number of ether oxygens (including phenoxy) is 1. The second kappa shape index (κ2) is 29.0. The summed E-state index contributed by atoms with van der Waals surface area (Å²) in [6.45, 7) is 4.75. The van der Waals surface area contributed by atoms with Crippen LogP contribution in [0.15, 0.2) is 121 Å². The molecule has 13 bridgehead atoms. The van der Waals surface area contributed by atoms with Gasteiger partial charge in [-0.25, -0.2) is 0 Å². The van der Waals surface area contributed by atoms with Crippen molar-refractivity contribution in [1.82, 2.24) is 15.6 Å². The van der Waals surface area contributed by atoms with Gasteiger partial charge in [-0.1, -0.05) is 105 Å². The second-order valence-corrected chi connectivity index (χ2v) is 27.6. The summed E-state index contributed by atoms with van der Waals surface area (Å²) >= 11 is 0. The number of hydrogen-bond donors (Lipinski definition) is 13. The van der Waals surface area contributed by atoms with Crippen molar-refractivity contribution in [1.29, 1.82) is 0 Å². The molecule has 13 N–H and O–H groups in total. The average molecular weight is 1280 g/mol. The van der Waals surface area contributed by atoms with E-state index in [1.807, 2.05) is 72.9 Å². The summed E-state index contributed by atoms with van der Waals surface area (Å²) in [4.78, 5) is 33.8. The lowest BCUT2D eigenvalue weighted by Gasteiger charge is -2.41. The molecule has 0 saturated heterocycles. The van der Waals surface area contributed by atoms with Crippen molar-refractivity contribution in [2.75, 3.05) is 38.7 Å². The highest BCUT2D eigenvalue weighted by atomic mass is 16.5. The smallest absolute Gasteiger partial charge is 0.173 e. The molecular weight excluding hydrogens is 1180 g/mol. The number of hydrogen-bond acceptors (Lipinski definition) is 15. The van der Waals surface area contributed by atoms with Crippen LogP contribution in [0.25, 0.3) is 10.8 Å². The van der Waals surface area contributed by atoms with Gasteiger partial charge in [0.25, 0.3) is 0 Å². The van der Waals surface area contributed by atoms with E-state index in [1.165, 1.54) is 7.11 Å². The number of aryl methyl sites for hydroxylation is 1. The zero-order valence-corrected chi connectivity index (χ0v) is 53.9. The molecule has 12 rings (SSSR count). The zero-order chi connectivity index (χ0) is 65.9. The standard InChI is InChI=1S/C78H90N4O12/c1-4-8-60-52-27-53-26-47-16-20-62(64-37-72(90)73(94-3)33-48(64)18-22-70(88)78(93)77(92)65(47)32-52)61-11-6-5-10-59(61)51-25-46(63(55(28-51)41-83)31-45-9-7-12-68(86)67(45)42-84)17-21-69(87)75(53)49-23-24-80-74(34-49)82-56-19-15-44-13-14-50(76(91)66(44)35-56)30-58(85)40-79-38-43(2)54-29-57(81-39-54)36-71(60)89/h5-7,9-15,19,23,29,33-35,37,39,43,46-47,51-53,55,58,60,62-63,65,69,71,75,78-87,89-91,93H,4,8,18,22,24-28,30-32,36,38,40-42H2,1-3H3. The normalized spacial score (nSPS) is 29.9. The second-order valence-electron chi connectivity index (χ2n) is 27.6. The number of rotatable bonds is 7. The Kier molecular flexibility index (Phi) is 20.4. The molecule has 2 aliphatic heterocycles. The number of phenolic OH excluding ortho intramolecular Hbond substituents is 2. The summed E-state index contributed by atoms with van der Waals surface area (Å²) in [5, 5.41) is 119. The van der Waals surface area contributed by atoms with Crippen LogP contribution >= 0.6 is 0 Å². The first-order valence-electron chi connectivity index (χ1n) is 33.9. The molecule has 1 aromatic heterocycles. The topological polar surface area (TPSA) is 277 Å². The summed E-state index contributed by atoms with van der Waals surface area (Å²) in [6, 6.07) is 28.2. The van der Waals surface area contributed by atoms with Crippen LogP contribution in [0, 0.1) is 76.9 Å². The fraction of sp³-hybridized carbons (Fsp3) is 0.462. The average Bonchev–Trinajstić information content (AvgIpc) is 1.09. The van der Waals surface area contributed by atoms with Crippen molar-refractivity contribution in [3.8, 4) is 46.7 Å². The van der Waals surface area contributed by atoms with Crippen molar-refractivity contribution in [3.05, 3.63) is 171 Å². The number of aliphatic hydroxyl groups is 6. The van der Waals surface area contributed by atoms with Gasteiger partial charge in [-0.2, -0.15) is 0 Å². The predicted octanol–water partition coefficient (Wildman–Crippen LogP) is 9.08. The van der Waals surface area contributed by atoms with E-state index >= 15 is 4.79 Å². The van der Waals surface area contributed by atoms with E-state index in [-0.39, 0.29) is 91.8 Å². The van der Waals surface area contributed by atoms with Crippen molar-refractivity contribution in [3.63, 3.8) is 0 Å². The lowest BCUT2D eigenvalue weighted by atomic mass is 9.63. The van der Waals surface area contributed by atoms with Crippen molar-refractivity contribution < 1.29 is 60.3 Å². The molecule has 6 aliphatic rings. The Hall–Kier alpha value is -7.90. The lowest BCUT2D eigenvalue weighted by Crippen LogP contribution is -2.40. The Balaban J connectivity index is 1.08. The number of aromatic nitrogens is 1. The molecule has 16 atom stereocenters. The molecule has 16 heteroatoms. The number of benzene rings is 5. The summed E-state index contributed by atoms with van der Waals surface area (Å²) in [5.41, 5.74) is 8.04. The van der Waals surface area contributed by atoms with Crippen LogP contribution < -0.4 is 20.7 Å². The van der Waals surface area contributed by atoms with Crippen molar-refractivity contribution in [2.45, 2.75) is 140 Å². The number of methoxy groups -OCH3 is 1. The van der Waals surface area contributed by atoms with Crippen LogP contribution in [0.3, 0.4) is 0 Å². The minimum Gasteiger partial charge on any atom is -0.508 e. The number of β-amino-alcohol motifs (C(OH)–C–C–N with tert-alkyl or cyclic N) is 1. The first-order chi connectivity index (χ1) is 45.5. The van der Waals surface area contributed by atoms with Gasteiger partial charge < -0.3 is 71.6 Å². The van der Waals surface area contributed by atoms with E-state index in [4.69, 9.17) is 4.74 Å². The van der Waals surface area contributed by atoms with Crippen LogP contribution in [0.2, 0.25) is 0 Å². The SMILES string of the molecule is CCCC1C(O)Cc2cc(c[nH]2)C(C)CNCC(O)Cc2ccc3ccc(cc3c2O)NC2=CC(=CCN2)C2C(O)C#CC3CC(CC(CO)C3Cc3cccc(O)c3CO)c3ccccc3C3C#CC4CC2CC1CC4C(=O)C(O)C(=O)CCc1cc(OC)c(O)cc13. The number of aromatic amines is 1. The van der Waals surface area contributed by atoms with E-state index in [2.05, 4.69) is 70.6 Å². The molecule has 0 spiro atoms. The van der Waals surface area contributed by atoms with Crippen LogP contribution in [0.5, 0.6) is 23.0 Å². The largest absolute Gasteiger partial charge is 0.508 e. The third kappa shape index (κ3) is 13.9. The minimum atomic E-state index is -1.99. The molecule has 3 heterocycles. The van der Waals surface area contributed by atoms with Gasteiger partial charge in [0.05, 0.1) is 31.8 Å². The first-order valence-corrected chi connectivity index (χ1v) is 33.9. The number of H-pyrrole nitrogens is 1. The number of fused-ring (bicyclic) bond motifs is 15. The third-order valence-corrected chi connectivity index (χ3v) is 21.8. The van der Waals surface area contributed by atoms with E-state index < -0.39 is 89.9 Å². The van der Waals surface area contributed by atoms with Crippen LogP contribution in [0.4, 0.5) is 5.69 Å². The highest BCUT2D eigenvalue weighted by molar-refractivity contribution is 6.06. The summed E-state index contributed by atoms with van der Waals surface area (Å²) in [5.74, 6) is 8.05. The number of aliphatic hydroxyl groups excluding tert-OH is 6. The Bertz CT molecular complexity index is 3960. The molecule has 16 unspecified atom stereocenters. The van der Waals surface area contributed by atoms with Crippen molar-refractivity contribution >= 4 is 28.0 Å². The highest BCUT2D eigenvalue weighted by Crippen LogP contribution is 2.51. The molecule has 5 aromatic carbocycles. The zero-order valence-electron chi connectivity index (χ0n) is 53.9. The summed E-state index contributed by atoms with van der Waals surface area (Å²) in [6.07, 6.45) is 4.69. The number of carbonyl (C=O) groups excluding carboxylic acids is 2. The molecule has 494 valence electrons. The molecule has 0 radical (unpaired) electrons. The number of allylic oxidation sites excluding steroid dienone is 1. The Morgan fingerprint density at radius 1 is 0.734 bits per heavy atom.